The number of hydrogen-bond acceptors (Lipinski definition) is 1. The normalized spacial score (nSPS) is 10.0. The monoisotopic (exact) mass is 284 g/mol. The van der Waals surface area contributed by atoms with E-state index in [4.69, 9.17) is 0 Å². The van der Waals surface area contributed by atoms with Crippen LogP contribution in [0, 0.1) is 11.8 Å². The van der Waals surface area contributed by atoms with E-state index < -0.39 is 0 Å². The number of carbonyl (C=O) groups is 1. The standard InChI is InChI=1S/C21H16O/c22-21(12-6-9-17-7-2-1-3-8-17)16-18-13-14-19-10-4-5-11-20(19)15-18/h1-5,7-8,10-11,13-15H,12,16H2. The van der Waals surface area contributed by atoms with E-state index in [0.29, 0.717) is 12.8 Å². The molecule has 0 fully saturated rings. The Morgan fingerprint density at radius 1 is 0.818 bits per heavy atom. The molecule has 0 unspecified atom stereocenters. The third kappa shape index (κ3) is 3.62. The van der Waals surface area contributed by atoms with Crippen molar-refractivity contribution < 1.29 is 4.79 Å². The number of Topliss-reactive ketones (excluding diaryl/α,β-unsaturated/α-hetero) is 1. The highest BCUT2D eigenvalue weighted by atomic mass is 16.1. The largest absolute Gasteiger partial charge is 0.298 e. The number of carbonyl (C=O) groups excluding carboxylic acids is 1. The summed E-state index contributed by atoms with van der Waals surface area (Å²) in [6, 6.07) is 24.1. The highest BCUT2D eigenvalue weighted by molar-refractivity contribution is 5.87. The van der Waals surface area contributed by atoms with Crippen LogP contribution >= 0.6 is 0 Å². The second kappa shape index (κ2) is 6.74. The van der Waals surface area contributed by atoms with Gasteiger partial charge >= 0.3 is 0 Å². The lowest BCUT2D eigenvalue weighted by Gasteiger charge is -2.02. The minimum Gasteiger partial charge on any atom is -0.298 e. The molecule has 0 spiro atoms. The number of rotatable bonds is 3. The van der Waals surface area contributed by atoms with E-state index in [1.807, 2.05) is 48.5 Å². The van der Waals surface area contributed by atoms with Gasteiger partial charge in [-0.2, -0.15) is 0 Å². The third-order valence-electron chi connectivity index (χ3n) is 3.51. The molecule has 0 aliphatic carbocycles. The first-order valence-corrected chi connectivity index (χ1v) is 7.34. The van der Waals surface area contributed by atoms with Gasteiger partial charge < -0.3 is 0 Å². The van der Waals surface area contributed by atoms with Gasteiger partial charge in [0.2, 0.25) is 0 Å². The van der Waals surface area contributed by atoms with Crippen LogP contribution in [0.15, 0.2) is 72.8 Å². The lowest BCUT2D eigenvalue weighted by molar-refractivity contribution is -0.117. The Hall–Kier alpha value is -2.85. The van der Waals surface area contributed by atoms with E-state index in [1.165, 1.54) is 10.8 Å². The molecule has 0 N–H and O–H groups in total. The van der Waals surface area contributed by atoms with Gasteiger partial charge in [-0.15, -0.1) is 0 Å². The molecule has 0 saturated carbocycles. The zero-order valence-corrected chi connectivity index (χ0v) is 12.3. The predicted molar refractivity (Wildman–Crippen MR) is 90.6 cm³/mol. The van der Waals surface area contributed by atoms with Crippen LogP contribution in [0.1, 0.15) is 17.5 Å². The Balaban J connectivity index is 1.65. The van der Waals surface area contributed by atoms with Crippen LogP contribution < -0.4 is 0 Å². The molecule has 3 rings (SSSR count). The Bertz CT molecular complexity index is 851. The van der Waals surface area contributed by atoms with Crippen molar-refractivity contribution in [3.8, 4) is 11.8 Å². The van der Waals surface area contributed by atoms with Crippen LogP contribution in [-0.4, -0.2) is 5.78 Å². The second-order valence-electron chi connectivity index (χ2n) is 5.24. The zero-order chi connectivity index (χ0) is 15.2. The fourth-order valence-electron chi connectivity index (χ4n) is 2.41. The molecule has 0 aliphatic rings. The van der Waals surface area contributed by atoms with E-state index in [-0.39, 0.29) is 5.78 Å². The predicted octanol–water partition coefficient (Wildman–Crippen LogP) is 4.39. The van der Waals surface area contributed by atoms with Crippen LogP contribution in [0.2, 0.25) is 0 Å². The Labute approximate surface area is 130 Å². The van der Waals surface area contributed by atoms with Gasteiger partial charge in [-0.3, -0.25) is 4.79 Å². The molecular weight excluding hydrogens is 268 g/mol. The average Bonchev–Trinajstić information content (AvgIpc) is 2.56. The molecule has 1 nitrogen and oxygen atoms in total. The SMILES string of the molecule is O=C(CC#Cc1ccccc1)Cc1ccc2ccccc2c1. The fourth-order valence-corrected chi connectivity index (χ4v) is 2.41. The molecule has 3 aromatic carbocycles. The number of fused-ring (bicyclic) bond motifs is 1. The van der Waals surface area contributed by atoms with Crippen LogP contribution in [0.4, 0.5) is 0 Å². The minimum atomic E-state index is 0.152. The first-order chi connectivity index (χ1) is 10.8. The first kappa shape index (κ1) is 14.1. The summed E-state index contributed by atoms with van der Waals surface area (Å²) in [5, 5.41) is 2.37. The van der Waals surface area contributed by atoms with Crippen molar-refractivity contribution in [2.75, 3.05) is 0 Å². The first-order valence-electron chi connectivity index (χ1n) is 7.34. The van der Waals surface area contributed by atoms with Gasteiger partial charge in [0.05, 0.1) is 6.42 Å². The van der Waals surface area contributed by atoms with Crippen molar-refractivity contribution in [2.45, 2.75) is 12.8 Å². The molecule has 22 heavy (non-hydrogen) atoms. The summed E-state index contributed by atoms with van der Waals surface area (Å²) in [7, 11) is 0. The molecule has 0 amide bonds. The van der Waals surface area contributed by atoms with Crippen molar-refractivity contribution >= 4 is 16.6 Å². The maximum Gasteiger partial charge on any atom is 0.149 e. The molecule has 0 aromatic heterocycles. The summed E-state index contributed by atoms with van der Waals surface area (Å²) < 4.78 is 0. The van der Waals surface area contributed by atoms with Crippen molar-refractivity contribution in [1.29, 1.82) is 0 Å². The van der Waals surface area contributed by atoms with E-state index in [0.717, 1.165) is 11.1 Å². The van der Waals surface area contributed by atoms with E-state index in [9.17, 15) is 4.79 Å². The Morgan fingerprint density at radius 3 is 2.36 bits per heavy atom. The fraction of sp³-hybridized carbons (Fsp3) is 0.0952. The summed E-state index contributed by atoms with van der Waals surface area (Å²) in [6.45, 7) is 0. The lowest BCUT2D eigenvalue weighted by Crippen LogP contribution is -2.01. The molecule has 1 heteroatoms. The van der Waals surface area contributed by atoms with Crippen LogP contribution in [0.5, 0.6) is 0 Å². The van der Waals surface area contributed by atoms with Gasteiger partial charge in [-0.25, -0.2) is 0 Å². The molecule has 0 bridgehead atoms. The minimum absolute atomic E-state index is 0.152. The molecule has 0 atom stereocenters. The smallest absolute Gasteiger partial charge is 0.149 e. The maximum atomic E-state index is 12.0. The quantitative estimate of drug-likeness (QED) is 0.652. The molecule has 0 aliphatic heterocycles. The Morgan fingerprint density at radius 2 is 1.55 bits per heavy atom. The summed E-state index contributed by atoms with van der Waals surface area (Å²) in [5.41, 5.74) is 1.99. The maximum absolute atomic E-state index is 12.0. The van der Waals surface area contributed by atoms with E-state index in [2.05, 4.69) is 36.1 Å². The van der Waals surface area contributed by atoms with E-state index in [1.54, 1.807) is 0 Å². The van der Waals surface area contributed by atoms with Crippen LogP contribution in [0.3, 0.4) is 0 Å². The topological polar surface area (TPSA) is 17.1 Å². The summed E-state index contributed by atoms with van der Waals surface area (Å²) >= 11 is 0. The Kier molecular flexibility index (Phi) is 4.32. The molecule has 0 radical (unpaired) electrons. The molecule has 3 aromatic rings. The van der Waals surface area contributed by atoms with Gasteiger partial charge in [0.15, 0.2) is 0 Å². The van der Waals surface area contributed by atoms with Crippen molar-refractivity contribution in [3.05, 3.63) is 83.9 Å². The van der Waals surface area contributed by atoms with Crippen molar-refractivity contribution in [2.24, 2.45) is 0 Å². The summed E-state index contributed by atoms with van der Waals surface area (Å²) in [5.74, 6) is 6.13. The molecule has 106 valence electrons. The second-order valence-corrected chi connectivity index (χ2v) is 5.24. The van der Waals surface area contributed by atoms with Gasteiger partial charge in [0.25, 0.3) is 0 Å². The van der Waals surface area contributed by atoms with Crippen LogP contribution in [0.25, 0.3) is 10.8 Å². The third-order valence-corrected chi connectivity index (χ3v) is 3.51. The van der Waals surface area contributed by atoms with Crippen molar-refractivity contribution in [3.63, 3.8) is 0 Å². The number of ketones is 1. The van der Waals surface area contributed by atoms with Gasteiger partial charge in [0.1, 0.15) is 5.78 Å². The van der Waals surface area contributed by atoms with Gasteiger partial charge in [-0.05, 0) is 28.5 Å². The molecular formula is C21H16O. The van der Waals surface area contributed by atoms with E-state index >= 15 is 0 Å². The molecule has 0 heterocycles. The van der Waals surface area contributed by atoms with Crippen LogP contribution in [-0.2, 0) is 11.2 Å². The number of hydrogen-bond donors (Lipinski definition) is 0. The van der Waals surface area contributed by atoms with Gasteiger partial charge in [0, 0.05) is 12.0 Å². The summed E-state index contributed by atoms with van der Waals surface area (Å²) in [6.07, 6.45) is 0.732. The zero-order valence-electron chi connectivity index (χ0n) is 12.3. The highest BCUT2D eigenvalue weighted by Gasteiger charge is 2.03. The lowest BCUT2D eigenvalue weighted by atomic mass is 10.0. The number of benzene rings is 3. The van der Waals surface area contributed by atoms with Crippen molar-refractivity contribution in [1.82, 2.24) is 0 Å². The molecule has 0 saturated heterocycles. The van der Waals surface area contributed by atoms with Gasteiger partial charge in [-0.1, -0.05) is 72.5 Å². The highest BCUT2D eigenvalue weighted by Crippen LogP contribution is 2.16. The average molecular weight is 284 g/mol. The summed E-state index contributed by atoms with van der Waals surface area (Å²) in [4.78, 5) is 12.0.